The highest BCUT2D eigenvalue weighted by atomic mass is 35.5. The summed E-state index contributed by atoms with van der Waals surface area (Å²) in [5.74, 6) is 1.05. The Kier molecular flexibility index (Phi) is 3.12. The minimum absolute atomic E-state index is 0.146. The van der Waals surface area contributed by atoms with Crippen LogP contribution in [0.1, 0.15) is 24.6 Å². The first-order chi connectivity index (χ1) is 9.15. The van der Waals surface area contributed by atoms with Crippen molar-refractivity contribution in [3.8, 4) is 10.8 Å². The molecule has 3 aromatic heterocycles. The predicted molar refractivity (Wildman–Crippen MR) is 73.4 cm³/mol. The van der Waals surface area contributed by atoms with E-state index in [-0.39, 0.29) is 6.04 Å². The number of aryl methyl sites for hydroxylation is 1. The zero-order valence-corrected chi connectivity index (χ0v) is 11.9. The second-order valence-corrected chi connectivity index (χ2v) is 5.50. The minimum atomic E-state index is -0.146. The van der Waals surface area contributed by atoms with Crippen molar-refractivity contribution in [1.82, 2.24) is 20.0 Å². The SMILES string of the molecule is Cc1nn(C(C)c2nnc(-c3cccs3)o2)cc1Cl. The Morgan fingerprint density at radius 3 is 2.89 bits per heavy atom. The summed E-state index contributed by atoms with van der Waals surface area (Å²) in [4.78, 5) is 0.959. The second kappa shape index (κ2) is 4.79. The topological polar surface area (TPSA) is 56.7 Å². The Labute approximate surface area is 118 Å². The molecule has 0 fully saturated rings. The van der Waals surface area contributed by atoms with Crippen molar-refractivity contribution >= 4 is 22.9 Å². The number of halogens is 1. The number of aromatic nitrogens is 4. The van der Waals surface area contributed by atoms with Gasteiger partial charge in [0.15, 0.2) is 0 Å². The van der Waals surface area contributed by atoms with Crippen LogP contribution >= 0.6 is 22.9 Å². The molecule has 1 unspecified atom stereocenters. The molecular weight excluding hydrogens is 284 g/mol. The quantitative estimate of drug-likeness (QED) is 0.741. The van der Waals surface area contributed by atoms with Crippen molar-refractivity contribution in [2.45, 2.75) is 19.9 Å². The maximum atomic E-state index is 6.00. The molecule has 3 aromatic rings. The molecule has 0 saturated carbocycles. The van der Waals surface area contributed by atoms with Gasteiger partial charge in [0.25, 0.3) is 5.89 Å². The summed E-state index contributed by atoms with van der Waals surface area (Å²) < 4.78 is 7.40. The zero-order valence-electron chi connectivity index (χ0n) is 10.4. The van der Waals surface area contributed by atoms with Crippen molar-refractivity contribution in [1.29, 1.82) is 0 Å². The molecule has 0 aliphatic carbocycles. The molecular formula is C12H11ClN4OS. The lowest BCUT2D eigenvalue weighted by molar-refractivity contribution is 0.416. The van der Waals surface area contributed by atoms with Gasteiger partial charge in [-0.05, 0) is 25.3 Å². The highest BCUT2D eigenvalue weighted by molar-refractivity contribution is 7.13. The highest BCUT2D eigenvalue weighted by Crippen LogP contribution is 2.26. The van der Waals surface area contributed by atoms with Crippen LogP contribution in [0.3, 0.4) is 0 Å². The summed E-state index contributed by atoms with van der Waals surface area (Å²) in [6, 6.07) is 3.75. The van der Waals surface area contributed by atoms with Crippen LogP contribution in [0, 0.1) is 6.92 Å². The van der Waals surface area contributed by atoms with Crippen LogP contribution in [-0.4, -0.2) is 20.0 Å². The lowest BCUT2D eigenvalue weighted by Crippen LogP contribution is -2.07. The van der Waals surface area contributed by atoms with Crippen molar-refractivity contribution in [3.63, 3.8) is 0 Å². The molecule has 0 aromatic carbocycles. The number of thiophene rings is 1. The van der Waals surface area contributed by atoms with E-state index in [1.165, 1.54) is 0 Å². The van der Waals surface area contributed by atoms with Gasteiger partial charge in [0, 0.05) is 6.20 Å². The van der Waals surface area contributed by atoms with E-state index in [9.17, 15) is 0 Å². The van der Waals surface area contributed by atoms with Crippen LogP contribution in [-0.2, 0) is 0 Å². The standard InChI is InChI=1S/C12H11ClN4OS/c1-7-9(13)6-17(16-7)8(2)11-14-15-12(18-11)10-4-3-5-19-10/h3-6,8H,1-2H3. The molecule has 5 nitrogen and oxygen atoms in total. The van der Waals surface area contributed by atoms with Crippen LogP contribution in [0.5, 0.6) is 0 Å². The van der Waals surface area contributed by atoms with Gasteiger partial charge in [-0.3, -0.25) is 4.68 Å². The summed E-state index contributed by atoms with van der Waals surface area (Å²) in [5, 5.41) is 15.0. The number of hydrogen-bond donors (Lipinski definition) is 0. The molecule has 0 aliphatic heterocycles. The lowest BCUT2D eigenvalue weighted by Gasteiger charge is -2.06. The summed E-state index contributed by atoms with van der Waals surface area (Å²) in [6.45, 7) is 3.80. The third kappa shape index (κ3) is 2.29. The van der Waals surface area contributed by atoms with Gasteiger partial charge >= 0.3 is 0 Å². The maximum Gasteiger partial charge on any atom is 0.257 e. The van der Waals surface area contributed by atoms with Gasteiger partial charge in [-0.15, -0.1) is 21.5 Å². The first-order valence-electron chi connectivity index (χ1n) is 5.73. The summed E-state index contributed by atoms with van der Waals surface area (Å²) in [7, 11) is 0. The van der Waals surface area contributed by atoms with Gasteiger partial charge in [-0.1, -0.05) is 17.7 Å². The van der Waals surface area contributed by atoms with Crippen LogP contribution in [0.15, 0.2) is 28.1 Å². The Morgan fingerprint density at radius 2 is 2.26 bits per heavy atom. The summed E-state index contributed by atoms with van der Waals surface area (Å²) in [6.07, 6.45) is 1.76. The third-order valence-corrected chi connectivity index (χ3v) is 4.01. The molecule has 0 amide bonds. The van der Waals surface area contributed by atoms with Crippen molar-refractivity contribution in [2.24, 2.45) is 0 Å². The smallest absolute Gasteiger partial charge is 0.257 e. The number of hydrogen-bond acceptors (Lipinski definition) is 5. The van der Waals surface area contributed by atoms with Crippen molar-refractivity contribution in [3.05, 3.63) is 40.3 Å². The Balaban J connectivity index is 1.90. The molecule has 19 heavy (non-hydrogen) atoms. The fraction of sp³-hybridized carbons (Fsp3) is 0.250. The van der Waals surface area contributed by atoms with E-state index in [1.54, 1.807) is 22.2 Å². The molecule has 0 aliphatic rings. The van der Waals surface area contributed by atoms with E-state index in [0.717, 1.165) is 10.6 Å². The molecule has 0 radical (unpaired) electrons. The van der Waals surface area contributed by atoms with Gasteiger partial charge in [0.2, 0.25) is 5.89 Å². The van der Waals surface area contributed by atoms with Gasteiger partial charge in [0.1, 0.15) is 6.04 Å². The first-order valence-corrected chi connectivity index (χ1v) is 6.99. The van der Waals surface area contributed by atoms with E-state index < -0.39 is 0 Å². The molecule has 0 bridgehead atoms. The number of nitrogens with zero attached hydrogens (tertiary/aromatic N) is 4. The van der Waals surface area contributed by atoms with Gasteiger partial charge in [-0.2, -0.15) is 5.10 Å². The molecule has 1 atom stereocenters. The summed E-state index contributed by atoms with van der Waals surface area (Å²) in [5.41, 5.74) is 0.784. The monoisotopic (exact) mass is 294 g/mol. The Bertz CT molecular complexity index is 669. The molecule has 0 saturated heterocycles. The maximum absolute atomic E-state index is 6.00. The van der Waals surface area contributed by atoms with Gasteiger partial charge < -0.3 is 4.42 Å². The molecule has 98 valence electrons. The minimum Gasteiger partial charge on any atom is -0.418 e. The van der Waals surface area contributed by atoms with E-state index in [0.29, 0.717) is 16.8 Å². The Hall–Kier alpha value is -1.66. The van der Waals surface area contributed by atoms with Crippen LogP contribution in [0.4, 0.5) is 0 Å². The van der Waals surface area contributed by atoms with E-state index in [2.05, 4.69) is 15.3 Å². The fourth-order valence-electron chi connectivity index (χ4n) is 1.67. The second-order valence-electron chi connectivity index (χ2n) is 4.14. The van der Waals surface area contributed by atoms with Gasteiger partial charge in [0.05, 0.1) is 15.6 Å². The van der Waals surface area contributed by atoms with Crippen LogP contribution < -0.4 is 0 Å². The molecule has 3 rings (SSSR count). The fourth-order valence-corrected chi connectivity index (χ4v) is 2.46. The van der Waals surface area contributed by atoms with Crippen molar-refractivity contribution < 1.29 is 4.42 Å². The highest BCUT2D eigenvalue weighted by Gasteiger charge is 2.18. The normalized spacial score (nSPS) is 12.8. The van der Waals surface area contributed by atoms with Crippen LogP contribution in [0.2, 0.25) is 5.02 Å². The van der Waals surface area contributed by atoms with Crippen LogP contribution in [0.25, 0.3) is 10.8 Å². The van der Waals surface area contributed by atoms with Crippen molar-refractivity contribution in [2.75, 3.05) is 0 Å². The lowest BCUT2D eigenvalue weighted by atomic mass is 10.3. The number of rotatable bonds is 3. The molecule has 3 heterocycles. The first kappa shape index (κ1) is 12.4. The average molecular weight is 295 g/mol. The molecule has 0 N–H and O–H groups in total. The molecule has 7 heteroatoms. The summed E-state index contributed by atoms with van der Waals surface area (Å²) >= 11 is 7.56. The largest absolute Gasteiger partial charge is 0.418 e. The van der Waals surface area contributed by atoms with E-state index in [4.69, 9.17) is 16.0 Å². The van der Waals surface area contributed by atoms with Gasteiger partial charge in [-0.25, -0.2) is 0 Å². The average Bonchev–Trinajstić information content (AvgIpc) is 3.09. The predicted octanol–water partition coefficient (Wildman–Crippen LogP) is 3.57. The van der Waals surface area contributed by atoms with E-state index >= 15 is 0 Å². The third-order valence-electron chi connectivity index (χ3n) is 2.78. The zero-order chi connectivity index (χ0) is 13.4. The Morgan fingerprint density at radius 1 is 1.42 bits per heavy atom. The molecule has 0 spiro atoms. The van der Waals surface area contributed by atoms with E-state index in [1.807, 2.05) is 31.4 Å².